The van der Waals surface area contributed by atoms with Crippen molar-refractivity contribution in [2.24, 2.45) is 0 Å². The Morgan fingerprint density at radius 3 is 2.61 bits per heavy atom. The normalized spacial score (nSPS) is 12.2. The fraction of sp³-hybridized carbons (Fsp3) is 0.214. The highest BCUT2D eigenvalue weighted by molar-refractivity contribution is 5.63. The van der Waals surface area contributed by atoms with E-state index in [1.54, 1.807) is 24.4 Å². The van der Waals surface area contributed by atoms with Crippen molar-refractivity contribution in [3.63, 3.8) is 0 Å². The Balaban J connectivity index is 2.38. The quantitative estimate of drug-likeness (QED) is 0.817. The molecule has 0 amide bonds. The molecule has 3 nitrogen and oxygen atoms in total. The van der Waals surface area contributed by atoms with Gasteiger partial charge < -0.3 is 5.11 Å². The van der Waals surface area contributed by atoms with Crippen molar-refractivity contribution in [2.45, 2.75) is 20.0 Å². The highest BCUT2D eigenvalue weighted by Crippen LogP contribution is 2.27. The summed E-state index contributed by atoms with van der Waals surface area (Å²) in [6.45, 7) is 3.84. The van der Waals surface area contributed by atoms with E-state index in [4.69, 9.17) is 0 Å². The molecule has 0 bridgehead atoms. The third kappa shape index (κ3) is 2.65. The smallest absolute Gasteiger partial charge is 0.123 e. The first kappa shape index (κ1) is 12.5. The van der Waals surface area contributed by atoms with Crippen LogP contribution in [0.2, 0.25) is 0 Å². The number of hydrogen-bond donors (Lipinski definition) is 2. The molecule has 0 fully saturated rings. The molecule has 0 radical (unpaired) electrons. The fourth-order valence-electron chi connectivity index (χ4n) is 1.77. The second kappa shape index (κ2) is 5.14. The molecule has 94 valence electrons. The van der Waals surface area contributed by atoms with Gasteiger partial charge in [-0.2, -0.15) is 5.10 Å². The first-order valence-corrected chi connectivity index (χ1v) is 5.70. The summed E-state index contributed by atoms with van der Waals surface area (Å²) in [4.78, 5) is 0. The molecule has 0 aliphatic rings. The molecule has 0 saturated carbocycles. The number of nitrogens with zero attached hydrogens (tertiary/aromatic N) is 1. The first-order chi connectivity index (χ1) is 8.58. The first-order valence-electron chi connectivity index (χ1n) is 5.70. The molecule has 0 aliphatic carbocycles. The van der Waals surface area contributed by atoms with Crippen LogP contribution >= 0.6 is 0 Å². The summed E-state index contributed by atoms with van der Waals surface area (Å²) in [5.74, 6) is -0.287. The van der Waals surface area contributed by atoms with Crippen molar-refractivity contribution >= 4 is 0 Å². The summed E-state index contributed by atoms with van der Waals surface area (Å²) in [5.41, 5.74) is 3.21. The molecule has 0 saturated heterocycles. The van der Waals surface area contributed by atoms with Gasteiger partial charge in [-0.05, 0) is 38.1 Å². The zero-order valence-corrected chi connectivity index (χ0v) is 10.3. The molecule has 2 N–H and O–H groups in total. The fourth-order valence-corrected chi connectivity index (χ4v) is 1.77. The van der Waals surface area contributed by atoms with E-state index >= 15 is 0 Å². The minimum absolute atomic E-state index is 0.287. The zero-order valence-electron chi connectivity index (χ0n) is 10.3. The second-order valence-corrected chi connectivity index (χ2v) is 4.40. The van der Waals surface area contributed by atoms with E-state index in [9.17, 15) is 9.50 Å². The van der Waals surface area contributed by atoms with E-state index in [0.29, 0.717) is 11.3 Å². The van der Waals surface area contributed by atoms with Crippen molar-refractivity contribution in [2.75, 3.05) is 0 Å². The molecule has 4 heteroatoms. The minimum atomic E-state index is -0.714. The van der Waals surface area contributed by atoms with E-state index in [1.165, 1.54) is 12.1 Å². The number of hydrogen-bond acceptors (Lipinski definition) is 2. The maximum atomic E-state index is 12.9. The minimum Gasteiger partial charge on any atom is -0.384 e. The standard InChI is InChI=1S/C14H15FN2O/c1-9(2)7-13(18)12-8-16-17-14(12)10-3-5-11(15)6-4-10/h3-8,13,18H,1-2H3,(H,16,17). The van der Waals surface area contributed by atoms with Crippen LogP contribution < -0.4 is 0 Å². The largest absolute Gasteiger partial charge is 0.384 e. The van der Waals surface area contributed by atoms with Crippen LogP contribution in [-0.2, 0) is 0 Å². The molecule has 0 spiro atoms. The average Bonchev–Trinajstić information content (AvgIpc) is 2.78. The van der Waals surface area contributed by atoms with Gasteiger partial charge in [-0.25, -0.2) is 4.39 Å². The van der Waals surface area contributed by atoms with E-state index < -0.39 is 6.10 Å². The molecule has 1 aromatic heterocycles. The number of nitrogens with one attached hydrogen (secondary N) is 1. The van der Waals surface area contributed by atoms with Gasteiger partial charge in [0.15, 0.2) is 0 Å². The molecule has 0 aliphatic heterocycles. The van der Waals surface area contributed by atoms with Crippen LogP contribution in [0.3, 0.4) is 0 Å². The maximum Gasteiger partial charge on any atom is 0.123 e. The van der Waals surface area contributed by atoms with Crippen LogP contribution in [0.15, 0.2) is 42.1 Å². The number of allylic oxidation sites excluding steroid dienone is 1. The third-order valence-corrected chi connectivity index (χ3v) is 2.61. The van der Waals surface area contributed by atoms with Gasteiger partial charge in [0.1, 0.15) is 11.9 Å². The molecule has 2 rings (SSSR count). The van der Waals surface area contributed by atoms with Gasteiger partial charge in [0.2, 0.25) is 0 Å². The van der Waals surface area contributed by atoms with Crippen LogP contribution in [0.4, 0.5) is 4.39 Å². The van der Waals surface area contributed by atoms with E-state index in [1.807, 2.05) is 13.8 Å². The number of benzene rings is 1. The number of aromatic nitrogens is 2. The van der Waals surface area contributed by atoms with Crippen molar-refractivity contribution in [1.29, 1.82) is 0 Å². The predicted octanol–water partition coefficient (Wildman–Crippen LogP) is 3.22. The van der Waals surface area contributed by atoms with Crippen LogP contribution in [0.25, 0.3) is 11.3 Å². The van der Waals surface area contributed by atoms with E-state index in [2.05, 4.69) is 10.2 Å². The maximum absolute atomic E-state index is 12.9. The Morgan fingerprint density at radius 1 is 1.33 bits per heavy atom. The monoisotopic (exact) mass is 246 g/mol. The number of aromatic amines is 1. The average molecular weight is 246 g/mol. The summed E-state index contributed by atoms with van der Waals surface area (Å²) >= 11 is 0. The lowest BCUT2D eigenvalue weighted by Gasteiger charge is -2.07. The van der Waals surface area contributed by atoms with Gasteiger partial charge in [0.05, 0.1) is 11.9 Å². The van der Waals surface area contributed by atoms with Gasteiger partial charge in [-0.15, -0.1) is 0 Å². The van der Waals surface area contributed by atoms with Crippen molar-refractivity contribution in [1.82, 2.24) is 10.2 Å². The number of aliphatic hydroxyl groups is 1. The Labute approximate surface area is 105 Å². The third-order valence-electron chi connectivity index (χ3n) is 2.61. The molecule has 1 atom stereocenters. The van der Waals surface area contributed by atoms with Crippen molar-refractivity contribution in [3.8, 4) is 11.3 Å². The topological polar surface area (TPSA) is 48.9 Å². The summed E-state index contributed by atoms with van der Waals surface area (Å²) < 4.78 is 12.9. The molecule has 18 heavy (non-hydrogen) atoms. The Morgan fingerprint density at radius 2 is 2.00 bits per heavy atom. The predicted molar refractivity (Wildman–Crippen MR) is 68.4 cm³/mol. The summed E-state index contributed by atoms with van der Waals surface area (Å²) in [6, 6.07) is 6.07. The van der Waals surface area contributed by atoms with Gasteiger partial charge in [0, 0.05) is 11.1 Å². The summed E-state index contributed by atoms with van der Waals surface area (Å²) in [6.07, 6.45) is 2.62. The van der Waals surface area contributed by atoms with E-state index in [0.717, 1.165) is 11.1 Å². The molecular formula is C14H15FN2O. The molecule has 1 heterocycles. The van der Waals surface area contributed by atoms with Crippen molar-refractivity contribution in [3.05, 3.63) is 53.5 Å². The van der Waals surface area contributed by atoms with E-state index in [-0.39, 0.29) is 5.82 Å². The molecule has 1 unspecified atom stereocenters. The van der Waals surface area contributed by atoms with Crippen LogP contribution in [0.5, 0.6) is 0 Å². The Bertz CT molecular complexity index is 553. The number of rotatable bonds is 3. The summed E-state index contributed by atoms with van der Waals surface area (Å²) in [5, 5.41) is 16.8. The van der Waals surface area contributed by atoms with Crippen LogP contribution in [0, 0.1) is 5.82 Å². The highest BCUT2D eigenvalue weighted by Gasteiger charge is 2.13. The summed E-state index contributed by atoms with van der Waals surface area (Å²) in [7, 11) is 0. The second-order valence-electron chi connectivity index (χ2n) is 4.40. The zero-order chi connectivity index (χ0) is 13.1. The number of H-pyrrole nitrogens is 1. The van der Waals surface area contributed by atoms with Crippen LogP contribution in [0.1, 0.15) is 25.5 Å². The lowest BCUT2D eigenvalue weighted by Crippen LogP contribution is -1.95. The van der Waals surface area contributed by atoms with Gasteiger partial charge in [-0.1, -0.05) is 11.6 Å². The van der Waals surface area contributed by atoms with Gasteiger partial charge in [0.25, 0.3) is 0 Å². The molecular weight excluding hydrogens is 231 g/mol. The SMILES string of the molecule is CC(C)=CC(O)c1cn[nH]c1-c1ccc(F)cc1. The Kier molecular flexibility index (Phi) is 3.58. The molecule has 2 aromatic rings. The van der Waals surface area contributed by atoms with Gasteiger partial charge in [-0.3, -0.25) is 5.10 Å². The number of halogens is 1. The van der Waals surface area contributed by atoms with Crippen molar-refractivity contribution < 1.29 is 9.50 Å². The van der Waals surface area contributed by atoms with Gasteiger partial charge >= 0.3 is 0 Å². The lowest BCUT2D eigenvalue weighted by atomic mass is 10.0. The van der Waals surface area contributed by atoms with Crippen LogP contribution in [-0.4, -0.2) is 15.3 Å². The number of aliphatic hydroxyl groups excluding tert-OH is 1. The molecule has 1 aromatic carbocycles. The highest BCUT2D eigenvalue weighted by atomic mass is 19.1. The lowest BCUT2D eigenvalue weighted by molar-refractivity contribution is 0.228. The Hall–Kier alpha value is -1.94.